The van der Waals surface area contributed by atoms with Crippen molar-refractivity contribution in [3.63, 3.8) is 0 Å². The molecule has 2 aliphatic heterocycles. The maximum Gasteiger partial charge on any atom is 0.329 e. The number of aromatic nitrogens is 2. The maximum absolute atomic E-state index is 12.8. The summed E-state index contributed by atoms with van der Waals surface area (Å²) in [4.78, 5) is 38.8. The van der Waals surface area contributed by atoms with Crippen LogP contribution < -0.4 is 10.2 Å². The molecule has 4 rings (SSSR count). The number of aromatic amines is 1. The van der Waals surface area contributed by atoms with Gasteiger partial charge in [-0.2, -0.15) is 5.10 Å². The molecule has 2 atom stereocenters. The smallest absolute Gasteiger partial charge is 0.329 e. The van der Waals surface area contributed by atoms with Crippen molar-refractivity contribution in [1.82, 2.24) is 20.4 Å². The zero-order valence-corrected chi connectivity index (χ0v) is 15.4. The van der Waals surface area contributed by atoms with E-state index in [4.69, 9.17) is 0 Å². The van der Waals surface area contributed by atoms with Crippen LogP contribution in [0.25, 0.3) is 0 Å². The molecule has 0 radical (unpaired) electrons. The Morgan fingerprint density at radius 3 is 2.61 bits per heavy atom. The molecule has 2 aromatic rings. The fourth-order valence-electron chi connectivity index (χ4n) is 3.68. The van der Waals surface area contributed by atoms with E-state index in [9.17, 15) is 19.5 Å². The molecule has 1 aromatic heterocycles. The fourth-order valence-corrected chi connectivity index (χ4v) is 3.68. The molecule has 3 heterocycles. The summed E-state index contributed by atoms with van der Waals surface area (Å²) >= 11 is 0. The van der Waals surface area contributed by atoms with Gasteiger partial charge in [0.15, 0.2) is 0 Å². The molecular formula is C19H21N5O4. The quantitative estimate of drug-likeness (QED) is 0.663. The summed E-state index contributed by atoms with van der Waals surface area (Å²) in [6.45, 7) is 2.62. The van der Waals surface area contributed by atoms with Gasteiger partial charge in [0, 0.05) is 36.0 Å². The Kier molecular flexibility index (Phi) is 4.60. The molecule has 0 bridgehead atoms. The molecule has 0 aliphatic carbocycles. The number of nitrogens with zero attached hydrogens (tertiary/aromatic N) is 3. The molecule has 2 aliphatic rings. The first-order chi connectivity index (χ1) is 13.4. The normalized spacial score (nSPS) is 22.1. The van der Waals surface area contributed by atoms with E-state index in [1.54, 1.807) is 29.2 Å². The summed E-state index contributed by atoms with van der Waals surface area (Å²) in [5, 5.41) is 19.7. The van der Waals surface area contributed by atoms with Crippen LogP contribution in [0.15, 0.2) is 30.3 Å². The van der Waals surface area contributed by atoms with Crippen LogP contribution in [-0.4, -0.2) is 63.8 Å². The van der Waals surface area contributed by atoms with E-state index in [1.165, 1.54) is 4.90 Å². The minimum Gasteiger partial charge on any atom is -0.391 e. The van der Waals surface area contributed by atoms with Gasteiger partial charge in [0.1, 0.15) is 6.54 Å². The zero-order valence-electron chi connectivity index (χ0n) is 15.4. The summed E-state index contributed by atoms with van der Waals surface area (Å²) in [7, 11) is 0. The van der Waals surface area contributed by atoms with Crippen LogP contribution in [0.1, 0.15) is 21.7 Å². The third-order valence-electron chi connectivity index (χ3n) is 5.14. The Morgan fingerprint density at radius 2 is 2.00 bits per heavy atom. The Balaban J connectivity index is 1.41. The average Bonchev–Trinajstić information content (AvgIpc) is 3.34. The second-order valence-electron chi connectivity index (χ2n) is 7.27. The van der Waals surface area contributed by atoms with Gasteiger partial charge in [-0.25, -0.2) is 4.79 Å². The van der Waals surface area contributed by atoms with E-state index >= 15 is 0 Å². The molecule has 2 fully saturated rings. The Hall–Kier alpha value is -3.20. The van der Waals surface area contributed by atoms with Crippen molar-refractivity contribution in [1.29, 1.82) is 0 Å². The molecule has 0 saturated carbocycles. The molecule has 9 nitrogen and oxygen atoms in total. The summed E-state index contributed by atoms with van der Waals surface area (Å²) in [5.74, 6) is -0.590. The lowest BCUT2D eigenvalue weighted by molar-refractivity contribution is -0.117. The van der Waals surface area contributed by atoms with Gasteiger partial charge in [-0.05, 0) is 43.7 Å². The molecule has 0 unspecified atom stereocenters. The van der Waals surface area contributed by atoms with E-state index in [0.717, 1.165) is 11.4 Å². The van der Waals surface area contributed by atoms with E-state index in [0.29, 0.717) is 24.2 Å². The number of aliphatic hydroxyl groups excluding tert-OH is 1. The Labute approximate surface area is 161 Å². The third-order valence-corrected chi connectivity index (χ3v) is 5.14. The van der Waals surface area contributed by atoms with Gasteiger partial charge < -0.3 is 10.0 Å². The molecule has 3 N–H and O–H groups in total. The number of carbonyl (C=O) groups is 3. The van der Waals surface area contributed by atoms with Crippen molar-refractivity contribution >= 4 is 23.5 Å². The predicted octanol–water partition coefficient (Wildman–Crippen LogP) is 0.450. The number of rotatable bonds is 4. The highest BCUT2D eigenvalue weighted by molar-refractivity contribution is 6.12. The highest BCUT2D eigenvalue weighted by Gasteiger charge is 2.35. The van der Waals surface area contributed by atoms with E-state index in [1.807, 2.05) is 13.0 Å². The lowest BCUT2D eigenvalue weighted by Crippen LogP contribution is -2.30. The minimum absolute atomic E-state index is 0.0290. The first kappa shape index (κ1) is 18.2. The lowest BCUT2D eigenvalue weighted by Gasteiger charge is -2.17. The zero-order chi connectivity index (χ0) is 19.8. The van der Waals surface area contributed by atoms with Crippen molar-refractivity contribution in [2.75, 3.05) is 24.5 Å². The van der Waals surface area contributed by atoms with Gasteiger partial charge in [0.25, 0.3) is 5.91 Å². The summed E-state index contributed by atoms with van der Waals surface area (Å²) in [5.41, 5.74) is 2.86. The number of hydrogen-bond donors (Lipinski definition) is 3. The first-order valence-electron chi connectivity index (χ1n) is 9.10. The highest BCUT2D eigenvalue weighted by Crippen LogP contribution is 2.24. The fraction of sp³-hybridized carbons (Fsp3) is 0.368. The average molecular weight is 383 g/mol. The van der Waals surface area contributed by atoms with Crippen molar-refractivity contribution in [2.45, 2.75) is 19.4 Å². The van der Waals surface area contributed by atoms with Crippen LogP contribution in [0.4, 0.5) is 10.5 Å². The van der Waals surface area contributed by atoms with Gasteiger partial charge >= 0.3 is 6.03 Å². The lowest BCUT2D eigenvalue weighted by atomic mass is 10.0. The van der Waals surface area contributed by atoms with Gasteiger partial charge in [0.2, 0.25) is 5.91 Å². The van der Waals surface area contributed by atoms with E-state index in [2.05, 4.69) is 15.5 Å². The number of hydrogen-bond acceptors (Lipinski definition) is 5. The van der Waals surface area contributed by atoms with Crippen LogP contribution in [0.2, 0.25) is 0 Å². The number of urea groups is 1. The number of carbonyl (C=O) groups excluding carboxylic acids is 3. The summed E-state index contributed by atoms with van der Waals surface area (Å²) in [6.07, 6.45) is 0.00585. The van der Waals surface area contributed by atoms with Crippen LogP contribution >= 0.6 is 0 Å². The number of aliphatic hydroxyl groups is 1. The third kappa shape index (κ3) is 3.48. The predicted molar refractivity (Wildman–Crippen MR) is 99.8 cm³/mol. The molecule has 9 heteroatoms. The minimum atomic E-state index is -0.598. The number of amides is 4. The van der Waals surface area contributed by atoms with Gasteiger partial charge in [-0.3, -0.25) is 24.9 Å². The van der Waals surface area contributed by atoms with Gasteiger partial charge in [-0.15, -0.1) is 0 Å². The molecule has 0 spiro atoms. The molecule has 28 heavy (non-hydrogen) atoms. The van der Waals surface area contributed by atoms with Crippen molar-refractivity contribution in [2.24, 2.45) is 5.92 Å². The summed E-state index contributed by atoms with van der Waals surface area (Å²) in [6, 6.07) is 8.01. The highest BCUT2D eigenvalue weighted by atomic mass is 16.3. The van der Waals surface area contributed by atoms with Gasteiger partial charge in [-0.1, -0.05) is 0 Å². The second kappa shape index (κ2) is 7.08. The molecule has 146 valence electrons. The van der Waals surface area contributed by atoms with E-state index < -0.39 is 12.1 Å². The van der Waals surface area contributed by atoms with Crippen LogP contribution in [-0.2, 0) is 11.2 Å². The number of anilines is 1. The van der Waals surface area contributed by atoms with Crippen LogP contribution in [0, 0.1) is 12.8 Å². The number of benzene rings is 1. The molecule has 2 saturated heterocycles. The molecular weight excluding hydrogens is 362 g/mol. The number of imide groups is 1. The van der Waals surface area contributed by atoms with Crippen LogP contribution in [0.5, 0.6) is 0 Å². The maximum atomic E-state index is 12.8. The molecule has 1 aromatic carbocycles. The monoisotopic (exact) mass is 383 g/mol. The van der Waals surface area contributed by atoms with Crippen molar-refractivity contribution in [3.8, 4) is 0 Å². The van der Waals surface area contributed by atoms with Crippen LogP contribution in [0.3, 0.4) is 0 Å². The number of aryl methyl sites for hydroxylation is 1. The number of H-pyrrole nitrogens is 1. The molecule has 4 amide bonds. The van der Waals surface area contributed by atoms with E-state index in [-0.39, 0.29) is 30.8 Å². The van der Waals surface area contributed by atoms with Crippen molar-refractivity contribution < 1.29 is 19.5 Å². The van der Waals surface area contributed by atoms with Crippen molar-refractivity contribution in [3.05, 3.63) is 47.3 Å². The number of β-amino-alcohol motifs (C(OH)–C–C–N with tert-alkyl or cyclic N) is 1. The Morgan fingerprint density at radius 1 is 1.25 bits per heavy atom. The standard InChI is InChI=1S/C19H21N5O4/c1-11-6-14(22-21-11)7-13-8-23(9-16(13)25)18(27)12-2-4-15(5-3-12)24-10-17(26)20-19(24)28/h2-6,13,16,25H,7-10H2,1H3,(H,21,22)(H,20,26,28)/t13-,16-/m1/s1. The van der Waals surface area contributed by atoms with Gasteiger partial charge in [0.05, 0.1) is 11.8 Å². The first-order valence-corrected chi connectivity index (χ1v) is 9.10. The number of likely N-dealkylation sites (tertiary alicyclic amines) is 1. The largest absolute Gasteiger partial charge is 0.391 e. The Bertz CT molecular complexity index is 923. The second-order valence-corrected chi connectivity index (χ2v) is 7.27. The SMILES string of the molecule is Cc1cc(C[C@@H]2CN(C(=O)c3ccc(N4CC(=O)NC4=O)cc3)C[C@H]2O)n[nH]1. The summed E-state index contributed by atoms with van der Waals surface area (Å²) < 4.78 is 0. The topological polar surface area (TPSA) is 119 Å². The number of nitrogens with one attached hydrogen (secondary N) is 2.